The van der Waals surface area contributed by atoms with Crippen LogP contribution in [-0.4, -0.2) is 17.6 Å². The zero-order valence-corrected chi connectivity index (χ0v) is 8.63. The zero-order valence-electron chi connectivity index (χ0n) is 8.63. The van der Waals surface area contributed by atoms with Crippen LogP contribution in [0.1, 0.15) is 40.0 Å². The topological polar surface area (TPSA) is 20.2 Å². The van der Waals surface area contributed by atoms with Crippen LogP contribution in [0.4, 0.5) is 8.78 Å². The fourth-order valence-corrected chi connectivity index (χ4v) is 1.53. The van der Waals surface area contributed by atoms with Crippen LogP contribution in [0.5, 0.6) is 0 Å². The molecule has 0 aromatic heterocycles. The van der Waals surface area contributed by atoms with Gasteiger partial charge in [0.05, 0.1) is 0 Å². The molecule has 1 N–H and O–H groups in total. The molecule has 0 aliphatic carbocycles. The van der Waals surface area contributed by atoms with Crippen molar-refractivity contribution in [1.82, 2.24) is 0 Å². The first kappa shape index (κ1) is 12.8. The van der Waals surface area contributed by atoms with Gasteiger partial charge in [0, 0.05) is 0 Å². The summed E-state index contributed by atoms with van der Waals surface area (Å²) in [5, 5.41) is 9.23. The van der Waals surface area contributed by atoms with E-state index in [0.29, 0.717) is 6.42 Å². The Bertz CT molecular complexity index is 126. The minimum absolute atomic E-state index is 0.121. The van der Waals surface area contributed by atoms with Gasteiger partial charge in [0.25, 0.3) is 6.43 Å². The number of alkyl halides is 2. The first-order valence-corrected chi connectivity index (χ1v) is 4.96. The maximum absolute atomic E-state index is 12.2. The molecule has 13 heavy (non-hydrogen) atoms. The molecule has 80 valence electrons. The summed E-state index contributed by atoms with van der Waals surface area (Å²) < 4.78 is 24.4. The SMILES string of the molecule is CCCC[C@@H](C(C)C)C(O)C(F)F. The van der Waals surface area contributed by atoms with Crippen LogP contribution in [0.3, 0.4) is 0 Å². The molecule has 1 nitrogen and oxygen atoms in total. The average molecular weight is 194 g/mol. The Balaban J connectivity index is 4.07. The van der Waals surface area contributed by atoms with Crippen LogP contribution in [0, 0.1) is 11.8 Å². The molecular formula is C10H20F2O. The summed E-state index contributed by atoms with van der Waals surface area (Å²) in [5.41, 5.74) is 0. The lowest BCUT2D eigenvalue weighted by Gasteiger charge is -2.25. The van der Waals surface area contributed by atoms with Crippen LogP contribution in [-0.2, 0) is 0 Å². The quantitative estimate of drug-likeness (QED) is 0.689. The minimum atomic E-state index is -2.61. The van der Waals surface area contributed by atoms with E-state index in [1.165, 1.54) is 0 Å². The van der Waals surface area contributed by atoms with Crippen molar-refractivity contribution in [3.63, 3.8) is 0 Å². The van der Waals surface area contributed by atoms with E-state index < -0.39 is 12.5 Å². The van der Waals surface area contributed by atoms with E-state index >= 15 is 0 Å². The average Bonchev–Trinajstić information content (AvgIpc) is 2.04. The molecule has 0 fully saturated rings. The molecule has 0 aliphatic heterocycles. The Morgan fingerprint density at radius 1 is 1.23 bits per heavy atom. The van der Waals surface area contributed by atoms with Crippen LogP contribution in [0.25, 0.3) is 0 Å². The van der Waals surface area contributed by atoms with E-state index in [4.69, 9.17) is 0 Å². The fraction of sp³-hybridized carbons (Fsp3) is 1.00. The molecule has 0 amide bonds. The van der Waals surface area contributed by atoms with E-state index in [1.807, 2.05) is 20.8 Å². The summed E-state index contributed by atoms with van der Waals surface area (Å²) in [6.07, 6.45) is -1.47. The largest absolute Gasteiger partial charge is 0.387 e. The van der Waals surface area contributed by atoms with Gasteiger partial charge in [-0.3, -0.25) is 0 Å². The lowest BCUT2D eigenvalue weighted by atomic mass is 9.86. The van der Waals surface area contributed by atoms with Crippen molar-refractivity contribution in [2.45, 2.75) is 52.6 Å². The van der Waals surface area contributed by atoms with Gasteiger partial charge in [0.2, 0.25) is 0 Å². The Morgan fingerprint density at radius 2 is 1.77 bits per heavy atom. The van der Waals surface area contributed by atoms with Gasteiger partial charge in [0.15, 0.2) is 0 Å². The highest BCUT2D eigenvalue weighted by Crippen LogP contribution is 2.25. The van der Waals surface area contributed by atoms with Crippen molar-refractivity contribution in [2.75, 3.05) is 0 Å². The fourth-order valence-electron chi connectivity index (χ4n) is 1.53. The summed E-state index contributed by atoms with van der Waals surface area (Å²) >= 11 is 0. The lowest BCUT2D eigenvalue weighted by molar-refractivity contribution is -0.0529. The highest BCUT2D eigenvalue weighted by molar-refractivity contribution is 4.73. The Labute approximate surface area is 79.1 Å². The molecule has 3 heteroatoms. The molecular weight excluding hydrogens is 174 g/mol. The molecule has 1 unspecified atom stereocenters. The third-order valence-corrected chi connectivity index (χ3v) is 2.44. The molecule has 0 radical (unpaired) electrons. The number of rotatable bonds is 6. The highest BCUT2D eigenvalue weighted by atomic mass is 19.3. The van der Waals surface area contributed by atoms with Crippen LogP contribution in [0.2, 0.25) is 0 Å². The predicted octanol–water partition coefficient (Wildman–Crippen LogP) is 3.07. The molecule has 0 spiro atoms. The number of aliphatic hydroxyl groups excluding tert-OH is 1. The van der Waals surface area contributed by atoms with Gasteiger partial charge >= 0.3 is 0 Å². The summed E-state index contributed by atoms with van der Waals surface area (Å²) in [7, 11) is 0. The third-order valence-electron chi connectivity index (χ3n) is 2.44. The van der Waals surface area contributed by atoms with E-state index in [1.54, 1.807) is 0 Å². The van der Waals surface area contributed by atoms with Crippen molar-refractivity contribution in [1.29, 1.82) is 0 Å². The number of unbranched alkanes of at least 4 members (excludes halogenated alkanes) is 1. The Kier molecular flexibility index (Phi) is 6.21. The van der Waals surface area contributed by atoms with E-state index in [9.17, 15) is 13.9 Å². The molecule has 0 saturated heterocycles. The monoisotopic (exact) mass is 194 g/mol. The molecule has 0 rings (SSSR count). The van der Waals surface area contributed by atoms with Crippen molar-refractivity contribution in [2.24, 2.45) is 11.8 Å². The minimum Gasteiger partial charge on any atom is -0.387 e. The smallest absolute Gasteiger partial charge is 0.264 e. The van der Waals surface area contributed by atoms with Gasteiger partial charge in [0.1, 0.15) is 6.10 Å². The summed E-state index contributed by atoms with van der Waals surface area (Å²) in [6.45, 7) is 5.78. The number of aliphatic hydroxyl groups is 1. The molecule has 0 bridgehead atoms. The standard InChI is InChI=1S/C10H20F2O/c1-4-5-6-8(7(2)3)9(13)10(11)12/h7-10,13H,4-6H2,1-3H3/t8-,9?/m0/s1. The predicted molar refractivity (Wildman–Crippen MR) is 49.9 cm³/mol. The number of halogens is 2. The Hall–Kier alpha value is -0.180. The molecule has 0 aromatic rings. The molecule has 2 atom stereocenters. The van der Waals surface area contributed by atoms with Crippen molar-refractivity contribution >= 4 is 0 Å². The summed E-state index contributed by atoms with van der Waals surface area (Å²) in [4.78, 5) is 0. The van der Waals surface area contributed by atoms with Crippen LogP contribution < -0.4 is 0 Å². The lowest BCUT2D eigenvalue weighted by Crippen LogP contribution is -2.31. The molecule has 0 aliphatic rings. The van der Waals surface area contributed by atoms with Crippen molar-refractivity contribution in [3.05, 3.63) is 0 Å². The molecule has 0 aromatic carbocycles. The third kappa shape index (κ3) is 4.55. The Morgan fingerprint density at radius 3 is 2.08 bits per heavy atom. The van der Waals surface area contributed by atoms with Crippen LogP contribution >= 0.6 is 0 Å². The second kappa shape index (κ2) is 6.30. The molecule has 0 saturated carbocycles. The van der Waals surface area contributed by atoms with Gasteiger partial charge in [-0.25, -0.2) is 8.78 Å². The molecule has 0 heterocycles. The van der Waals surface area contributed by atoms with Gasteiger partial charge in [-0.2, -0.15) is 0 Å². The number of hydrogen-bond donors (Lipinski definition) is 1. The van der Waals surface area contributed by atoms with E-state index in [-0.39, 0.29) is 11.8 Å². The van der Waals surface area contributed by atoms with Crippen LogP contribution in [0.15, 0.2) is 0 Å². The highest BCUT2D eigenvalue weighted by Gasteiger charge is 2.29. The maximum Gasteiger partial charge on any atom is 0.264 e. The van der Waals surface area contributed by atoms with Gasteiger partial charge in [-0.05, 0) is 18.3 Å². The van der Waals surface area contributed by atoms with Gasteiger partial charge in [-0.1, -0.05) is 33.6 Å². The van der Waals surface area contributed by atoms with Gasteiger partial charge in [-0.15, -0.1) is 0 Å². The van der Waals surface area contributed by atoms with Crippen molar-refractivity contribution in [3.8, 4) is 0 Å². The second-order valence-electron chi connectivity index (χ2n) is 3.88. The first-order valence-electron chi connectivity index (χ1n) is 4.96. The normalized spacial score (nSPS) is 16.6. The van der Waals surface area contributed by atoms with E-state index in [2.05, 4.69) is 0 Å². The summed E-state index contributed by atoms with van der Waals surface area (Å²) in [6, 6.07) is 0. The van der Waals surface area contributed by atoms with Crippen molar-refractivity contribution < 1.29 is 13.9 Å². The summed E-state index contributed by atoms with van der Waals surface area (Å²) in [5.74, 6) is -0.143. The van der Waals surface area contributed by atoms with Gasteiger partial charge < -0.3 is 5.11 Å². The second-order valence-corrected chi connectivity index (χ2v) is 3.88. The van der Waals surface area contributed by atoms with E-state index in [0.717, 1.165) is 12.8 Å². The maximum atomic E-state index is 12.2. The number of hydrogen-bond acceptors (Lipinski definition) is 1. The zero-order chi connectivity index (χ0) is 10.4. The first-order chi connectivity index (χ1) is 6.00.